The molecule has 6 heterocycles. The minimum absolute atomic E-state index is 0.000121. The Kier molecular flexibility index (Phi) is 39.1. The van der Waals surface area contributed by atoms with Crippen molar-refractivity contribution in [2.75, 3.05) is 65.4 Å². The Labute approximate surface area is 662 Å². The fraction of sp³-hybridized carbons (Fsp3) is 0.523. The van der Waals surface area contributed by atoms with E-state index in [2.05, 4.69) is 69.2 Å². The van der Waals surface area contributed by atoms with Crippen LogP contribution < -0.4 is 53.9 Å². The minimum Gasteiger partial charge on any atom is -0.667 e. The summed E-state index contributed by atoms with van der Waals surface area (Å²) in [5.74, 6) is 1.45. The molecule has 4 aromatic carbocycles. The van der Waals surface area contributed by atoms with Crippen molar-refractivity contribution in [3.8, 4) is 6.27 Å². The molecule has 13 rings (SSSR count). The second kappa shape index (κ2) is 48.7. The van der Waals surface area contributed by atoms with Gasteiger partial charge < -0.3 is 68.9 Å². The van der Waals surface area contributed by atoms with E-state index in [0.29, 0.717) is 109 Å². The van der Waals surface area contributed by atoms with Crippen LogP contribution in [0, 0.1) is 34.8 Å². The zero-order chi connectivity index (χ0) is 80.7. The van der Waals surface area contributed by atoms with Gasteiger partial charge in [-0.25, -0.2) is 15.0 Å². The van der Waals surface area contributed by atoms with Crippen LogP contribution in [0.15, 0.2) is 162 Å². The number of nitrogens with zero attached hydrogens (tertiary/aromatic N) is 4. The largest absolute Gasteiger partial charge is 0.667 e. The van der Waals surface area contributed by atoms with Gasteiger partial charge in [0.1, 0.15) is 30.9 Å². The number of allylic oxidation sites excluding steroid dienone is 1. The number of nitrogens with one attached hydrogen (secondary N) is 9. The fourth-order valence-electron chi connectivity index (χ4n) is 15.5. The Morgan fingerprint density at radius 3 is 1.73 bits per heavy atom. The van der Waals surface area contributed by atoms with E-state index in [1.807, 2.05) is 132 Å². The molecule has 4 fully saturated rings. The summed E-state index contributed by atoms with van der Waals surface area (Å²) >= 11 is 0. The SMILES string of the molecule is C/C(O)=C/c1ccccc1.CCC.N=C(N)N1CC=C(CCNC#[O+])C1.N=C(N)N1CC=C(CCNC(=O)C2CC3CCC(O)CC3N2C(=O)C([NH-])Cc2ccccc2)C1.NC(N)N1CC=C(CCNC(=O)C2=[NH+]C3CC(O)CCC3C2)C1.OC(C[NH+]=CCc1ccccc1)Cc1ccccc1.OC1CCC2CC=[NH+]C2C1. The van der Waals surface area contributed by atoms with Gasteiger partial charge in [-0.1, -0.05) is 171 Å². The fourth-order valence-corrected chi connectivity index (χ4v) is 15.5. The molecule has 112 heavy (non-hydrogen) atoms. The van der Waals surface area contributed by atoms with Gasteiger partial charge in [0.05, 0.1) is 24.1 Å². The van der Waals surface area contributed by atoms with Crippen LogP contribution >= 0.6 is 0 Å². The molecule has 12 unspecified atom stereocenters. The minimum atomic E-state index is -0.989. The summed E-state index contributed by atoms with van der Waals surface area (Å²) in [4.78, 5) is 55.8. The summed E-state index contributed by atoms with van der Waals surface area (Å²) in [6.07, 6.45) is 27.9. The number of hydrogen-bond acceptors (Lipinski definition) is 14. The molecule has 0 aromatic heterocycles. The second-order valence-corrected chi connectivity index (χ2v) is 30.5. The third-order valence-electron chi connectivity index (χ3n) is 21.5. The van der Waals surface area contributed by atoms with E-state index < -0.39 is 24.5 Å². The molecule has 3 amide bonds. The second-order valence-electron chi connectivity index (χ2n) is 30.5. The molecule has 22 N–H and O–H groups in total. The Balaban J connectivity index is 0.000000196. The Hall–Kier alpha value is -9.18. The molecule has 6 aliphatic heterocycles. The van der Waals surface area contributed by atoms with E-state index in [1.54, 1.807) is 34.0 Å². The first-order chi connectivity index (χ1) is 54.0. The van der Waals surface area contributed by atoms with Crippen molar-refractivity contribution in [1.29, 1.82) is 10.8 Å². The van der Waals surface area contributed by atoms with E-state index in [-0.39, 0.29) is 66.0 Å². The first-order valence-electron chi connectivity index (χ1n) is 40.2. The molecule has 26 heteroatoms. The van der Waals surface area contributed by atoms with Crippen LogP contribution in [0.25, 0.3) is 11.8 Å². The van der Waals surface area contributed by atoms with E-state index in [4.69, 9.17) is 44.6 Å². The molecule has 4 aromatic rings. The van der Waals surface area contributed by atoms with Crippen LogP contribution in [0.4, 0.5) is 0 Å². The summed E-state index contributed by atoms with van der Waals surface area (Å²) in [7, 11) is 0. The van der Waals surface area contributed by atoms with Crippen molar-refractivity contribution in [2.24, 2.45) is 40.7 Å². The van der Waals surface area contributed by atoms with Gasteiger partial charge in [0.25, 0.3) is 0 Å². The number of benzene rings is 4. The predicted molar refractivity (Wildman–Crippen MR) is 441 cm³/mol. The van der Waals surface area contributed by atoms with Gasteiger partial charge in [-0.3, -0.25) is 24.7 Å². The van der Waals surface area contributed by atoms with E-state index in [1.165, 1.54) is 41.5 Å². The number of aliphatic hydroxyl groups is 5. The maximum Gasteiger partial charge on any atom is 0.310 e. The molecular weight excluding hydrogens is 1420 g/mol. The molecule has 12 atom stereocenters. The monoisotopic (exact) mass is 1540 g/mol. The molecule has 3 aliphatic carbocycles. The van der Waals surface area contributed by atoms with Gasteiger partial charge in [-0.05, 0) is 112 Å². The molecule has 9 aliphatic rings. The number of amides is 3. The Bertz CT molecular complexity index is 3790. The normalized spacial score (nSPS) is 23.8. The van der Waals surface area contributed by atoms with Gasteiger partial charge in [0, 0.05) is 95.7 Å². The van der Waals surface area contributed by atoms with Crippen LogP contribution in [0.5, 0.6) is 0 Å². The van der Waals surface area contributed by atoms with Crippen LogP contribution in [-0.4, -0.2) is 219 Å². The van der Waals surface area contributed by atoms with Crippen LogP contribution in [0.1, 0.15) is 146 Å². The molecule has 3 saturated carbocycles. The predicted octanol–water partition coefficient (Wildman–Crippen LogP) is 2.34. The van der Waals surface area contributed by atoms with Crippen molar-refractivity contribution in [3.05, 3.63) is 190 Å². The van der Waals surface area contributed by atoms with Crippen LogP contribution in [0.2, 0.25) is 0 Å². The first-order valence-corrected chi connectivity index (χ1v) is 40.2. The van der Waals surface area contributed by atoms with Gasteiger partial charge in [0.15, 0.2) is 24.6 Å². The zero-order valence-electron chi connectivity index (χ0n) is 66.0. The molecule has 0 radical (unpaired) electrons. The number of hydrogen-bond donors (Lipinski definition) is 17. The zero-order valence-corrected chi connectivity index (χ0v) is 66.0. The molecule has 608 valence electrons. The van der Waals surface area contributed by atoms with Crippen molar-refractivity contribution in [2.45, 2.75) is 204 Å². The number of likely N-dealkylation sites (tertiary alicyclic amines) is 1. The summed E-state index contributed by atoms with van der Waals surface area (Å²) in [5, 5.41) is 71.2. The van der Waals surface area contributed by atoms with E-state index in [9.17, 15) is 39.5 Å². The number of fused-ring (bicyclic) bond motifs is 3. The average molecular weight is 1540 g/mol. The number of nitrogens with two attached hydrogens (primary N) is 4. The molecule has 0 spiro atoms. The molecule has 1 saturated heterocycles. The summed E-state index contributed by atoms with van der Waals surface area (Å²) in [6.45, 7) is 12.3. The summed E-state index contributed by atoms with van der Waals surface area (Å²) in [5.41, 5.74) is 39.5. The van der Waals surface area contributed by atoms with E-state index >= 15 is 0 Å². The van der Waals surface area contributed by atoms with Crippen LogP contribution in [0.3, 0.4) is 0 Å². The van der Waals surface area contributed by atoms with Gasteiger partial charge in [0.2, 0.25) is 17.5 Å². The number of carbonyl (C=O) groups is 3. The van der Waals surface area contributed by atoms with Gasteiger partial charge in [-0.15, -0.1) is 0 Å². The summed E-state index contributed by atoms with van der Waals surface area (Å²) < 4.78 is 9.83. The van der Waals surface area contributed by atoms with Gasteiger partial charge >= 0.3 is 81.9 Å². The number of aliphatic hydroxyl groups excluding tert-OH is 5. The Morgan fingerprint density at radius 2 is 1.18 bits per heavy atom. The average Bonchev–Trinajstić information content (AvgIpc) is 1.62. The molecule has 26 nitrogen and oxygen atoms in total. The number of carbonyl (C=O) groups excluding carboxylic acids is 3. The maximum atomic E-state index is 13.4. The Morgan fingerprint density at radius 1 is 0.670 bits per heavy atom. The third kappa shape index (κ3) is 31.4. The van der Waals surface area contributed by atoms with Crippen molar-refractivity contribution in [3.63, 3.8) is 0 Å². The van der Waals surface area contributed by atoms with Crippen molar-refractivity contribution < 1.29 is 59.5 Å². The standard InChI is InChI=1S/C25H35N6O3.C17H19NO.C16H27N5O2.C9H10O.C8H13N4O.C8H13NO.C3H8/c26-20(12-16-4-2-1-3-5-16)24(34)31-21-14-19(32)7-6-18(21)13-22(31)23(33)29-10-8-17-9-11-30(15-17)25(27)28;19-17(13-16-9-5-2-6-10-16)14-18-12-11-15-7-3-1-4-8-15;17-16(18)21-6-4-10(9-21)3-5-19-15(23)14-7-11-1-2-12(22)8-13(11)20-14;1-8(10)7-9-5-3-2-4-6-9;9-8(10)12-4-2-7(5-12)1-3-11-6-13;10-7-2-1-6-3-4-9-8(6)5-7;1-3-2/h1-5,9,18-22,26,32H,6-8,10-15H2,(H3,27,28)(H,29,33);1-10,12,17,19H,11,13-14H2;4,11-13,16,22H,1-3,5-9,17-18H2,(H,19,23);2-7,10H,1H3;2,11H,1,3-5H2,(H3,9,10);4,6-8,10H,1-3,5H2;3H2,1-2H3/q-1;;;;+1;;/p+3/b;;;8-7-;;;. The van der Waals surface area contributed by atoms with E-state index in [0.717, 1.165) is 106 Å². The van der Waals surface area contributed by atoms with Crippen molar-refractivity contribution in [1.82, 2.24) is 35.6 Å². The quantitative estimate of drug-likeness (QED) is 0.00785. The number of rotatable bonds is 22. The van der Waals surface area contributed by atoms with Crippen LogP contribution in [-0.2, 0) is 38.3 Å². The van der Waals surface area contributed by atoms with Gasteiger partial charge in [-0.2, -0.15) is 0 Å². The topological polar surface area (TPSA) is 439 Å². The smallest absolute Gasteiger partial charge is 0.310 e. The first kappa shape index (κ1) is 90.0. The summed E-state index contributed by atoms with van der Waals surface area (Å²) in [6, 6.07) is 38.6. The maximum absolute atomic E-state index is 13.4. The molecule has 0 bridgehead atoms. The number of guanidine groups is 2. The third-order valence-corrected chi connectivity index (χ3v) is 21.5. The molecular formula is C86H128N17O9+3. The van der Waals surface area contributed by atoms with Crippen molar-refractivity contribution >= 4 is 53.9 Å².